The Morgan fingerprint density at radius 2 is 0.400 bits per heavy atom. The van der Waals surface area contributed by atoms with Crippen LogP contribution in [0.4, 0.5) is 0 Å². The first-order valence-electron chi connectivity index (χ1n) is 0. The Kier molecular flexibility index (Phi) is 211. The Bertz CT molecular complexity index is 3.61. The average molecular weight is 474 g/mol. The quantitative estimate of drug-likeness (QED) is 0.435. The van der Waals surface area contributed by atoms with E-state index in [2.05, 4.69) is 0 Å². The Hall–Kier alpha value is 3.36. The third kappa shape index (κ3) is 18.7. The van der Waals surface area contributed by atoms with Gasteiger partial charge in [-0.2, -0.15) is 0 Å². The Labute approximate surface area is 101 Å². The van der Waals surface area contributed by atoms with Gasteiger partial charge in [-0.1, -0.05) is 0 Å². The molecule has 5 heteroatoms. The fourth-order valence-corrected chi connectivity index (χ4v) is 0. The van der Waals surface area contributed by atoms with Gasteiger partial charge in [-0.25, -0.2) is 0 Å². The van der Waals surface area contributed by atoms with E-state index in [4.69, 9.17) is 0 Å². The molecule has 44 valence electrons. The van der Waals surface area contributed by atoms with Crippen molar-refractivity contribution in [3.05, 3.63) is 0 Å². The molecule has 0 amide bonds. The van der Waals surface area contributed by atoms with Crippen molar-refractivity contribution in [2.75, 3.05) is 0 Å². The summed E-state index contributed by atoms with van der Waals surface area (Å²) in [6, 6.07) is 0. The Morgan fingerprint density at radius 1 is 0.400 bits per heavy atom. The topological polar surface area (TPSA) is 0 Å². The van der Waals surface area contributed by atoms with Crippen molar-refractivity contribution in [1.29, 1.82) is 0 Å². The SMILES string of the molecule is [Pd].[Pd].[Pd].[Pd].[Ti]. The third-order valence-corrected chi connectivity index (χ3v) is 0. The number of rotatable bonds is 0. The van der Waals surface area contributed by atoms with E-state index in [9.17, 15) is 0 Å². The molecule has 0 fully saturated rings. The smallest absolute Gasteiger partial charge is 0 e. The maximum absolute atomic E-state index is 0. The molecule has 0 saturated carbocycles. The monoisotopic (exact) mass is 472 g/mol. The van der Waals surface area contributed by atoms with E-state index in [0.717, 1.165) is 0 Å². The Balaban J connectivity index is 0. The summed E-state index contributed by atoms with van der Waals surface area (Å²) in [6.07, 6.45) is 0. The zero-order valence-electron chi connectivity index (χ0n) is 1.76. The minimum absolute atomic E-state index is 0. The first kappa shape index (κ1) is 40.1. The van der Waals surface area contributed by atoms with Crippen molar-refractivity contribution >= 4 is 0 Å². The first-order valence-corrected chi connectivity index (χ1v) is 0. The second-order valence-corrected chi connectivity index (χ2v) is 0. The number of hydrogen-bond acceptors (Lipinski definition) is 0. The second kappa shape index (κ2) is 26.4. The average Bonchev–Trinajstić information content (AvgIpc) is 0. The number of hydrogen-bond donors (Lipinski definition) is 0. The van der Waals surface area contributed by atoms with Crippen LogP contribution in [0.25, 0.3) is 0 Å². The first-order chi connectivity index (χ1) is 0. The summed E-state index contributed by atoms with van der Waals surface area (Å²) in [6.45, 7) is 0. The third-order valence-electron chi connectivity index (χ3n) is 0. The van der Waals surface area contributed by atoms with Crippen LogP contribution >= 0.6 is 0 Å². The fraction of sp³-hybridized carbons (Fsp3) is 0. The van der Waals surface area contributed by atoms with Crippen LogP contribution in [0, 0.1) is 0 Å². The van der Waals surface area contributed by atoms with E-state index >= 15 is 0 Å². The molecule has 0 N–H and O–H groups in total. The largest absolute Gasteiger partial charge is 0 e. The van der Waals surface area contributed by atoms with Gasteiger partial charge >= 0.3 is 0 Å². The van der Waals surface area contributed by atoms with E-state index in [1.165, 1.54) is 0 Å². The summed E-state index contributed by atoms with van der Waals surface area (Å²) in [5.41, 5.74) is 0. The zero-order chi connectivity index (χ0) is 0. The van der Waals surface area contributed by atoms with Crippen LogP contribution in [0.5, 0.6) is 0 Å². The molecule has 0 aromatic carbocycles. The van der Waals surface area contributed by atoms with Crippen LogP contribution in [-0.2, 0) is 103 Å². The molecule has 0 aromatic heterocycles. The van der Waals surface area contributed by atoms with Crippen LogP contribution in [0.1, 0.15) is 0 Å². The molecule has 0 aromatic rings. The van der Waals surface area contributed by atoms with Gasteiger partial charge in [-0.3, -0.25) is 0 Å². The molecule has 0 saturated heterocycles. The molecule has 0 rings (SSSR count). The van der Waals surface area contributed by atoms with Crippen molar-refractivity contribution in [3.63, 3.8) is 0 Å². The molecular formula is Pd4Ti. The van der Waals surface area contributed by atoms with E-state index in [1.54, 1.807) is 0 Å². The van der Waals surface area contributed by atoms with Crippen molar-refractivity contribution in [1.82, 2.24) is 0 Å². The van der Waals surface area contributed by atoms with E-state index < -0.39 is 0 Å². The summed E-state index contributed by atoms with van der Waals surface area (Å²) >= 11 is 0. The Morgan fingerprint density at radius 3 is 0.400 bits per heavy atom. The van der Waals surface area contributed by atoms with Gasteiger partial charge in [0, 0.05) is 103 Å². The molecule has 0 aliphatic carbocycles. The van der Waals surface area contributed by atoms with Gasteiger partial charge < -0.3 is 0 Å². The molecule has 5 heavy (non-hydrogen) atoms. The maximum Gasteiger partial charge on any atom is 0 e. The molecule has 0 atom stereocenters. The summed E-state index contributed by atoms with van der Waals surface area (Å²) in [5, 5.41) is 0. The zero-order valence-corrected chi connectivity index (χ0v) is 9.54. The summed E-state index contributed by atoms with van der Waals surface area (Å²) in [5.74, 6) is 0. The second-order valence-electron chi connectivity index (χ2n) is 0. The van der Waals surface area contributed by atoms with Crippen molar-refractivity contribution in [3.8, 4) is 0 Å². The van der Waals surface area contributed by atoms with Crippen molar-refractivity contribution < 1.29 is 103 Å². The van der Waals surface area contributed by atoms with Gasteiger partial charge in [0.1, 0.15) is 0 Å². The minimum atomic E-state index is 0. The predicted octanol–water partition coefficient (Wildman–Crippen LogP) is -0.0125. The molecule has 0 radical (unpaired) electrons. The van der Waals surface area contributed by atoms with Gasteiger partial charge in [0.15, 0.2) is 0 Å². The molecule has 0 spiro atoms. The van der Waals surface area contributed by atoms with Crippen LogP contribution < -0.4 is 0 Å². The van der Waals surface area contributed by atoms with Crippen LogP contribution in [0.3, 0.4) is 0 Å². The minimum Gasteiger partial charge on any atom is 0 e. The predicted molar refractivity (Wildman–Crippen MR) is 0 cm³/mol. The van der Waals surface area contributed by atoms with Crippen LogP contribution in [0.2, 0.25) is 0 Å². The van der Waals surface area contributed by atoms with Crippen LogP contribution in [-0.4, -0.2) is 0 Å². The van der Waals surface area contributed by atoms with E-state index in [1.807, 2.05) is 0 Å². The molecule has 0 aliphatic rings. The summed E-state index contributed by atoms with van der Waals surface area (Å²) in [4.78, 5) is 0. The molecule has 0 bridgehead atoms. The van der Waals surface area contributed by atoms with Gasteiger partial charge in [0.05, 0.1) is 0 Å². The molecule has 0 heterocycles. The van der Waals surface area contributed by atoms with Crippen molar-refractivity contribution in [2.45, 2.75) is 0 Å². The van der Waals surface area contributed by atoms with Crippen LogP contribution in [0.15, 0.2) is 0 Å². The van der Waals surface area contributed by atoms with E-state index in [-0.39, 0.29) is 103 Å². The molecule has 0 aliphatic heterocycles. The molecule has 0 unspecified atom stereocenters. The van der Waals surface area contributed by atoms with Gasteiger partial charge in [-0.05, 0) is 0 Å². The normalized spacial score (nSPS) is 0. The standard InChI is InChI=1S/4Pd.Ti. The fourth-order valence-electron chi connectivity index (χ4n) is 0. The van der Waals surface area contributed by atoms with Gasteiger partial charge in [0.25, 0.3) is 0 Å². The molecule has 0 nitrogen and oxygen atoms in total. The van der Waals surface area contributed by atoms with Gasteiger partial charge in [-0.15, -0.1) is 0 Å². The van der Waals surface area contributed by atoms with E-state index in [0.29, 0.717) is 0 Å². The molecular weight excluding hydrogens is 474 g/mol. The summed E-state index contributed by atoms with van der Waals surface area (Å²) in [7, 11) is 0. The maximum atomic E-state index is 0. The summed E-state index contributed by atoms with van der Waals surface area (Å²) < 4.78 is 0. The van der Waals surface area contributed by atoms with Crippen molar-refractivity contribution in [2.24, 2.45) is 0 Å². The van der Waals surface area contributed by atoms with Gasteiger partial charge in [0.2, 0.25) is 0 Å².